The largest absolute Gasteiger partial charge is 0.481 e. The van der Waals surface area contributed by atoms with Crippen LogP contribution in [0.25, 0.3) is 0 Å². The number of carboxylic acid groups (broad SMARTS) is 1. The Balaban J connectivity index is 1.57. The molecule has 6 rings (SSSR count). The van der Waals surface area contributed by atoms with Crippen LogP contribution in [-0.2, 0) is 14.4 Å². The molecule has 0 aromatic carbocycles. The molecule has 0 aromatic heterocycles. The minimum Gasteiger partial charge on any atom is -0.481 e. The maximum absolute atomic E-state index is 14.0. The number of carbonyl (C=O) groups excluding carboxylic acids is 2. The average Bonchev–Trinajstić information content (AvgIpc) is 3.05. The maximum atomic E-state index is 14.0. The van der Waals surface area contributed by atoms with E-state index < -0.39 is 11.4 Å². The van der Waals surface area contributed by atoms with Gasteiger partial charge in [-0.25, -0.2) is 0 Å². The lowest BCUT2D eigenvalue weighted by Crippen LogP contribution is -2.65. The first-order valence-electron chi connectivity index (χ1n) is 13.8. The van der Waals surface area contributed by atoms with E-state index in [0.29, 0.717) is 12.5 Å². The minimum atomic E-state index is -0.705. The fourth-order valence-corrected chi connectivity index (χ4v) is 9.78. The van der Waals surface area contributed by atoms with Crippen molar-refractivity contribution in [3.05, 3.63) is 11.6 Å². The average molecular weight is 485 g/mol. The second-order valence-electron chi connectivity index (χ2n) is 13.5. The number of allylic oxidation sites excluding steroid dienone is 2. The molecule has 3 saturated carbocycles. The number of amides is 2. The summed E-state index contributed by atoms with van der Waals surface area (Å²) < 4.78 is 0. The van der Waals surface area contributed by atoms with Crippen LogP contribution in [0.4, 0.5) is 0 Å². The van der Waals surface area contributed by atoms with Gasteiger partial charge in [0, 0.05) is 12.0 Å². The molecule has 6 nitrogen and oxygen atoms in total. The van der Waals surface area contributed by atoms with Gasteiger partial charge in [-0.1, -0.05) is 38.8 Å². The van der Waals surface area contributed by atoms with Crippen molar-refractivity contribution in [1.82, 2.24) is 9.80 Å². The number of fused-ring (bicyclic) bond motifs is 1. The molecule has 1 aliphatic heterocycles. The number of rotatable bonds is 6. The first-order chi connectivity index (χ1) is 16.4. The highest BCUT2D eigenvalue weighted by Gasteiger charge is 2.73. The van der Waals surface area contributed by atoms with Crippen LogP contribution in [0, 0.1) is 51.8 Å². The van der Waals surface area contributed by atoms with Crippen molar-refractivity contribution in [2.45, 2.75) is 72.6 Å². The van der Waals surface area contributed by atoms with E-state index in [1.54, 1.807) is 4.90 Å². The van der Waals surface area contributed by atoms with Crippen LogP contribution < -0.4 is 0 Å². The number of likely N-dealkylation sites (tertiary alicyclic amines) is 1. The smallest absolute Gasteiger partial charge is 0.309 e. The van der Waals surface area contributed by atoms with E-state index in [0.717, 1.165) is 51.5 Å². The lowest BCUT2D eigenvalue weighted by Gasteiger charge is -2.68. The van der Waals surface area contributed by atoms with Crippen LogP contribution in [0.5, 0.6) is 0 Å². The standard InChI is InChI=1S/C29H44N2O4/c1-17(2)19-16-29-12-9-20-27(3,10-7-11-28(20,4)26(34)35)21(29)15-18(19)22-23(29)25(33)31(24(22)32)14-8-13-30(5)6/h16-18,20-23H,7-15H2,1-6H3,(H,34,35). The topological polar surface area (TPSA) is 77.9 Å². The first-order valence-corrected chi connectivity index (χ1v) is 13.8. The number of carbonyl (C=O) groups is 3. The Morgan fingerprint density at radius 2 is 1.86 bits per heavy atom. The Morgan fingerprint density at radius 1 is 1.14 bits per heavy atom. The van der Waals surface area contributed by atoms with Crippen LogP contribution in [-0.4, -0.2) is 59.9 Å². The monoisotopic (exact) mass is 484 g/mol. The van der Waals surface area contributed by atoms with Crippen molar-refractivity contribution in [1.29, 1.82) is 0 Å². The molecule has 8 unspecified atom stereocenters. The van der Waals surface area contributed by atoms with Crippen molar-refractivity contribution in [3.8, 4) is 0 Å². The van der Waals surface area contributed by atoms with Crippen LogP contribution in [0.3, 0.4) is 0 Å². The SMILES string of the molecule is CC(C)C1=CC23CCC4C(C)(C(=O)O)CCCC4(C)C2CC1C1C(=O)N(CCCN(C)C)C(=O)C13. The molecule has 8 atom stereocenters. The molecule has 1 N–H and O–H groups in total. The molecule has 4 fully saturated rings. The normalized spacial score (nSPS) is 44.4. The van der Waals surface area contributed by atoms with E-state index in [-0.39, 0.29) is 52.2 Å². The van der Waals surface area contributed by atoms with Gasteiger partial charge in [-0.15, -0.1) is 0 Å². The van der Waals surface area contributed by atoms with E-state index in [1.165, 1.54) is 5.57 Å². The molecule has 1 spiro atoms. The summed E-state index contributed by atoms with van der Waals surface area (Å²) in [5, 5.41) is 10.3. The molecular formula is C29H44N2O4. The number of hydrogen-bond donors (Lipinski definition) is 1. The van der Waals surface area contributed by atoms with Gasteiger partial charge in [0.2, 0.25) is 11.8 Å². The fourth-order valence-electron chi connectivity index (χ4n) is 9.78. The third-order valence-electron chi connectivity index (χ3n) is 11.2. The van der Waals surface area contributed by atoms with Crippen LogP contribution in [0.1, 0.15) is 72.6 Å². The second kappa shape index (κ2) is 8.16. The van der Waals surface area contributed by atoms with Gasteiger partial charge in [0.15, 0.2) is 0 Å². The van der Waals surface area contributed by atoms with Crippen LogP contribution in [0.2, 0.25) is 0 Å². The van der Waals surface area contributed by atoms with E-state index in [9.17, 15) is 19.5 Å². The van der Waals surface area contributed by atoms with Gasteiger partial charge >= 0.3 is 5.97 Å². The molecular weight excluding hydrogens is 440 g/mol. The van der Waals surface area contributed by atoms with E-state index in [4.69, 9.17) is 0 Å². The Labute approximate surface area is 210 Å². The predicted molar refractivity (Wildman–Crippen MR) is 134 cm³/mol. The fraction of sp³-hybridized carbons (Fsp3) is 0.828. The Kier molecular flexibility index (Phi) is 5.82. The Morgan fingerprint density at radius 3 is 2.49 bits per heavy atom. The summed E-state index contributed by atoms with van der Waals surface area (Å²) in [5.41, 5.74) is 0.235. The summed E-state index contributed by atoms with van der Waals surface area (Å²) in [6.07, 6.45) is 8.53. The summed E-state index contributed by atoms with van der Waals surface area (Å²) in [7, 11) is 4.04. The van der Waals surface area contributed by atoms with Crippen molar-refractivity contribution >= 4 is 17.8 Å². The molecule has 2 bridgehead atoms. The molecule has 2 amide bonds. The lowest BCUT2D eigenvalue weighted by molar-refractivity contribution is -0.194. The van der Waals surface area contributed by atoms with Crippen molar-refractivity contribution in [2.75, 3.05) is 27.2 Å². The van der Waals surface area contributed by atoms with Crippen LogP contribution >= 0.6 is 0 Å². The molecule has 194 valence electrons. The van der Waals surface area contributed by atoms with Gasteiger partial charge in [-0.05, 0) is 95.2 Å². The number of imide groups is 1. The first kappa shape index (κ1) is 25.0. The highest BCUT2D eigenvalue weighted by molar-refractivity contribution is 6.06. The zero-order chi connectivity index (χ0) is 25.5. The third kappa shape index (κ3) is 3.27. The summed E-state index contributed by atoms with van der Waals surface area (Å²) in [4.78, 5) is 44.0. The Hall–Kier alpha value is -1.69. The molecule has 6 heteroatoms. The van der Waals surface area contributed by atoms with Crippen molar-refractivity contribution < 1.29 is 19.5 Å². The minimum absolute atomic E-state index is 0.0476. The van der Waals surface area contributed by atoms with E-state index in [2.05, 4.69) is 31.7 Å². The molecule has 6 aliphatic rings. The van der Waals surface area contributed by atoms with E-state index >= 15 is 0 Å². The summed E-state index contributed by atoms with van der Waals surface area (Å²) in [6.45, 7) is 10.1. The Bertz CT molecular complexity index is 972. The molecule has 35 heavy (non-hydrogen) atoms. The van der Waals surface area contributed by atoms with Crippen molar-refractivity contribution in [2.24, 2.45) is 51.8 Å². The van der Waals surface area contributed by atoms with Gasteiger partial charge in [0.1, 0.15) is 0 Å². The zero-order valence-electron chi connectivity index (χ0n) is 22.5. The van der Waals surface area contributed by atoms with Gasteiger partial charge in [-0.2, -0.15) is 0 Å². The lowest BCUT2D eigenvalue weighted by atomic mass is 9.34. The molecule has 1 heterocycles. The zero-order valence-corrected chi connectivity index (χ0v) is 22.5. The molecule has 5 aliphatic carbocycles. The van der Waals surface area contributed by atoms with Crippen LogP contribution in [0.15, 0.2) is 11.6 Å². The molecule has 1 saturated heterocycles. The van der Waals surface area contributed by atoms with Gasteiger partial charge in [-0.3, -0.25) is 19.3 Å². The molecule has 0 aromatic rings. The van der Waals surface area contributed by atoms with Gasteiger partial charge < -0.3 is 10.0 Å². The molecule has 0 radical (unpaired) electrons. The highest BCUT2D eigenvalue weighted by Crippen LogP contribution is 2.74. The third-order valence-corrected chi connectivity index (χ3v) is 11.2. The number of aliphatic carboxylic acids is 1. The van der Waals surface area contributed by atoms with E-state index in [1.807, 2.05) is 21.0 Å². The quantitative estimate of drug-likeness (QED) is 0.445. The summed E-state index contributed by atoms with van der Waals surface area (Å²) in [6, 6.07) is 0. The van der Waals surface area contributed by atoms with Gasteiger partial charge in [0.25, 0.3) is 0 Å². The predicted octanol–water partition coefficient (Wildman–Crippen LogP) is 4.45. The summed E-state index contributed by atoms with van der Waals surface area (Å²) in [5.74, 6) is -0.215. The number of carboxylic acids is 1. The van der Waals surface area contributed by atoms with Gasteiger partial charge in [0.05, 0.1) is 17.3 Å². The number of hydrogen-bond acceptors (Lipinski definition) is 4. The highest BCUT2D eigenvalue weighted by atomic mass is 16.4. The number of nitrogens with zero attached hydrogens (tertiary/aromatic N) is 2. The van der Waals surface area contributed by atoms with Crippen molar-refractivity contribution in [3.63, 3.8) is 0 Å². The summed E-state index contributed by atoms with van der Waals surface area (Å²) >= 11 is 0. The maximum Gasteiger partial charge on any atom is 0.309 e. The second-order valence-corrected chi connectivity index (χ2v) is 13.5.